The zero-order valence-corrected chi connectivity index (χ0v) is 9.77. The van der Waals surface area contributed by atoms with Crippen LogP contribution < -0.4 is 0 Å². The third-order valence-electron chi connectivity index (χ3n) is 2.56. The van der Waals surface area contributed by atoms with Crippen LogP contribution in [0.3, 0.4) is 0 Å². The molecule has 1 aromatic carbocycles. The predicted octanol–water partition coefficient (Wildman–Crippen LogP) is 2.90. The molecule has 4 nitrogen and oxygen atoms in total. The quantitative estimate of drug-likeness (QED) is 0.912. The van der Waals surface area contributed by atoms with E-state index in [4.69, 9.17) is 5.11 Å². The van der Waals surface area contributed by atoms with Gasteiger partial charge in [0.2, 0.25) is 0 Å². The van der Waals surface area contributed by atoms with Gasteiger partial charge in [0, 0.05) is 6.07 Å². The molecular formula is C12H9F3N2O2. The maximum absolute atomic E-state index is 12.9. The van der Waals surface area contributed by atoms with Crippen LogP contribution in [0, 0.1) is 6.92 Å². The van der Waals surface area contributed by atoms with Crippen LogP contribution in [0.2, 0.25) is 0 Å². The average Bonchev–Trinajstić information content (AvgIpc) is 2.74. The Labute approximate surface area is 106 Å². The molecule has 0 amide bonds. The van der Waals surface area contributed by atoms with E-state index in [-0.39, 0.29) is 5.69 Å². The lowest BCUT2D eigenvalue weighted by Gasteiger charge is -2.11. The molecule has 100 valence electrons. The van der Waals surface area contributed by atoms with Crippen LogP contribution in [0.4, 0.5) is 13.2 Å². The maximum atomic E-state index is 12.9. The number of aryl methyl sites for hydroxylation is 1. The lowest BCUT2D eigenvalue weighted by molar-refractivity contribution is -0.142. The lowest BCUT2D eigenvalue weighted by Crippen LogP contribution is -2.13. The van der Waals surface area contributed by atoms with Crippen molar-refractivity contribution in [2.45, 2.75) is 13.1 Å². The number of rotatable bonds is 2. The van der Waals surface area contributed by atoms with Crippen molar-refractivity contribution in [1.82, 2.24) is 9.78 Å². The van der Waals surface area contributed by atoms with Gasteiger partial charge in [-0.25, -0.2) is 9.48 Å². The van der Waals surface area contributed by atoms with Gasteiger partial charge < -0.3 is 5.11 Å². The molecular weight excluding hydrogens is 261 g/mol. The Morgan fingerprint density at radius 3 is 2.47 bits per heavy atom. The molecule has 7 heteroatoms. The van der Waals surface area contributed by atoms with Gasteiger partial charge in [-0.3, -0.25) is 0 Å². The zero-order chi connectivity index (χ0) is 14.2. The molecule has 0 aliphatic rings. The van der Waals surface area contributed by atoms with Crippen LogP contribution in [0.5, 0.6) is 0 Å². The van der Waals surface area contributed by atoms with Crippen LogP contribution in [0.25, 0.3) is 5.69 Å². The van der Waals surface area contributed by atoms with E-state index in [0.29, 0.717) is 16.3 Å². The number of nitrogens with zero attached hydrogens (tertiary/aromatic N) is 2. The summed E-state index contributed by atoms with van der Waals surface area (Å²) in [6.45, 7) is 1.62. The highest BCUT2D eigenvalue weighted by Crippen LogP contribution is 2.32. The Balaban J connectivity index is 2.69. The number of aromatic carboxylic acids is 1. The number of carbonyl (C=O) groups is 1. The number of aromatic nitrogens is 2. The number of carboxylic acids is 1. The Morgan fingerprint density at radius 1 is 1.32 bits per heavy atom. The number of carboxylic acid groups (broad SMARTS) is 1. The second kappa shape index (κ2) is 4.42. The number of benzene rings is 1. The molecule has 1 N–H and O–H groups in total. The molecule has 0 aliphatic heterocycles. The van der Waals surface area contributed by atoms with E-state index in [0.717, 1.165) is 0 Å². The fourth-order valence-corrected chi connectivity index (χ4v) is 1.67. The zero-order valence-electron chi connectivity index (χ0n) is 9.77. The van der Waals surface area contributed by atoms with Crippen molar-refractivity contribution in [3.63, 3.8) is 0 Å². The number of alkyl halides is 3. The summed E-state index contributed by atoms with van der Waals surface area (Å²) in [5.74, 6) is -1.50. The first-order valence-corrected chi connectivity index (χ1v) is 5.27. The predicted molar refractivity (Wildman–Crippen MR) is 60.3 cm³/mol. The number of halogens is 3. The van der Waals surface area contributed by atoms with Crippen molar-refractivity contribution in [3.05, 3.63) is 47.3 Å². The first kappa shape index (κ1) is 13.1. The first-order valence-electron chi connectivity index (χ1n) is 5.27. The second-order valence-electron chi connectivity index (χ2n) is 3.92. The van der Waals surface area contributed by atoms with Crippen molar-refractivity contribution in [2.24, 2.45) is 0 Å². The van der Waals surface area contributed by atoms with Gasteiger partial charge in [0.25, 0.3) is 0 Å². The molecule has 19 heavy (non-hydrogen) atoms. The Morgan fingerprint density at radius 2 is 1.95 bits per heavy atom. The Bertz CT molecular complexity index is 632. The number of para-hydroxylation sites is 1. The summed E-state index contributed by atoms with van der Waals surface area (Å²) in [6, 6.07) is 6.83. The minimum atomic E-state index is -4.68. The molecule has 0 saturated carbocycles. The molecule has 0 aliphatic carbocycles. The van der Waals surface area contributed by atoms with E-state index < -0.39 is 23.5 Å². The SMILES string of the molecule is Cc1ccccc1-n1nc(C(=O)O)cc1C(F)(F)F. The summed E-state index contributed by atoms with van der Waals surface area (Å²) in [5, 5.41) is 12.3. The van der Waals surface area contributed by atoms with Gasteiger partial charge in [-0.2, -0.15) is 18.3 Å². The summed E-state index contributed by atoms with van der Waals surface area (Å²) >= 11 is 0. The van der Waals surface area contributed by atoms with Crippen molar-refractivity contribution < 1.29 is 23.1 Å². The molecule has 0 spiro atoms. The molecule has 1 heterocycles. The van der Waals surface area contributed by atoms with Crippen molar-refractivity contribution in [3.8, 4) is 5.69 Å². The largest absolute Gasteiger partial charge is 0.476 e. The van der Waals surface area contributed by atoms with Gasteiger partial charge in [0.05, 0.1) is 5.69 Å². The maximum Gasteiger partial charge on any atom is 0.433 e. The summed E-state index contributed by atoms with van der Waals surface area (Å²) in [6.07, 6.45) is -4.68. The van der Waals surface area contributed by atoms with Gasteiger partial charge in [-0.1, -0.05) is 18.2 Å². The van der Waals surface area contributed by atoms with Crippen LogP contribution in [0.1, 0.15) is 21.7 Å². The van der Waals surface area contributed by atoms with Crippen LogP contribution in [-0.2, 0) is 6.18 Å². The topological polar surface area (TPSA) is 55.1 Å². The van der Waals surface area contributed by atoms with Crippen LogP contribution in [-0.4, -0.2) is 20.9 Å². The summed E-state index contributed by atoms with van der Waals surface area (Å²) < 4.78 is 39.3. The smallest absolute Gasteiger partial charge is 0.433 e. The number of hydrogen-bond donors (Lipinski definition) is 1. The van der Waals surface area contributed by atoms with E-state index in [1.807, 2.05) is 0 Å². The highest BCUT2D eigenvalue weighted by atomic mass is 19.4. The molecule has 0 saturated heterocycles. The van der Waals surface area contributed by atoms with E-state index in [1.54, 1.807) is 25.1 Å². The van der Waals surface area contributed by atoms with Crippen molar-refractivity contribution >= 4 is 5.97 Å². The Hall–Kier alpha value is -2.31. The molecule has 2 aromatic rings. The fourth-order valence-electron chi connectivity index (χ4n) is 1.67. The monoisotopic (exact) mass is 270 g/mol. The van der Waals surface area contributed by atoms with Crippen LogP contribution >= 0.6 is 0 Å². The molecule has 0 fully saturated rings. The van der Waals surface area contributed by atoms with Gasteiger partial charge in [-0.15, -0.1) is 0 Å². The molecule has 0 bridgehead atoms. The van der Waals surface area contributed by atoms with E-state index in [9.17, 15) is 18.0 Å². The average molecular weight is 270 g/mol. The normalized spacial score (nSPS) is 11.6. The third-order valence-corrected chi connectivity index (χ3v) is 2.56. The van der Waals surface area contributed by atoms with Crippen LogP contribution in [0.15, 0.2) is 30.3 Å². The third kappa shape index (κ3) is 2.44. The standard InChI is InChI=1S/C12H9F3N2O2/c1-7-4-2-3-5-9(7)17-10(12(13,14)15)6-8(16-17)11(18)19/h2-6H,1H3,(H,18,19). The van der Waals surface area contributed by atoms with Gasteiger partial charge in [0.1, 0.15) is 5.69 Å². The summed E-state index contributed by atoms with van der Waals surface area (Å²) in [4.78, 5) is 10.8. The van der Waals surface area contributed by atoms with Crippen molar-refractivity contribution in [1.29, 1.82) is 0 Å². The fraction of sp³-hybridized carbons (Fsp3) is 0.167. The highest BCUT2D eigenvalue weighted by Gasteiger charge is 2.37. The first-order chi connectivity index (χ1) is 8.80. The van der Waals surface area contributed by atoms with E-state index in [1.165, 1.54) is 6.07 Å². The molecule has 2 rings (SSSR count). The lowest BCUT2D eigenvalue weighted by atomic mass is 10.2. The number of hydrogen-bond acceptors (Lipinski definition) is 2. The van der Waals surface area contributed by atoms with E-state index in [2.05, 4.69) is 5.10 Å². The molecule has 0 unspecified atom stereocenters. The second-order valence-corrected chi connectivity index (χ2v) is 3.92. The van der Waals surface area contributed by atoms with Crippen molar-refractivity contribution in [2.75, 3.05) is 0 Å². The molecule has 1 aromatic heterocycles. The summed E-state index contributed by atoms with van der Waals surface area (Å²) in [7, 11) is 0. The van der Waals surface area contributed by atoms with Gasteiger partial charge >= 0.3 is 12.1 Å². The minimum absolute atomic E-state index is 0.197. The molecule has 0 radical (unpaired) electrons. The summed E-state index contributed by atoms with van der Waals surface area (Å²) in [5.41, 5.74) is -0.995. The van der Waals surface area contributed by atoms with Gasteiger partial charge in [0.15, 0.2) is 5.69 Å². The van der Waals surface area contributed by atoms with E-state index >= 15 is 0 Å². The highest BCUT2D eigenvalue weighted by molar-refractivity contribution is 5.85. The van der Waals surface area contributed by atoms with Gasteiger partial charge in [-0.05, 0) is 18.6 Å². The minimum Gasteiger partial charge on any atom is -0.476 e. The Kier molecular flexibility index (Phi) is 3.05. The molecule has 0 atom stereocenters.